The summed E-state index contributed by atoms with van der Waals surface area (Å²) in [5.41, 5.74) is 1.82. The Labute approximate surface area is 232 Å². The van der Waals surface area contributed by atoms with E-state index >= 15 is 0 Å². The molecule has 196 valence electrons. The fourth-order valence-electron chi connectivity index (χ4n) is 3.11. The summed E-state index contributed by atoms with van der Waals surface area (Å²) >= 11 is 2.46. The van der Waals surface area contributed by atoms with Crippen LogP contribution in [0.5, 0.6) is 0 Å². The number of hydrogen-bond acceptors (Lipinski definition) is 6. The van der Waals surface area contributed by atoms with E-state index in [9.17, 15) is 18.4 Å². The van der Waals surface area contributed by atoms with Crippen LogP contribution < -0.4 is 10.6 Å². The van der Waals surface area contributed by atoms with E-state index in [-0.39, 0.29) is 11.1 Å². The van der Waals surface area contributed by atoms with Gasteiger partial charge in [-0.15, -0.1) is 0 Å². The Kier molecular flexibility index (Phi) is 9.98. The van der Waals surface area contributed by atoms with Crippen LogP contribution in [0.4, 0.5) is 20.2 Å². The van der Waals surface area contributed by atoms with Crippen molar-refractivity contribution in [3.63, 3.8) is 0 Å². The highest BCUT2D eigenvalue weighted by Gasteiger charge is 2.14. The number of halogens is 2. The van der Waals surface area contributed by atoms with Crippen LogP contribution in [0.25, 0.3) is 0 Å². The van der Waals surface area contributed by atoms with E-state index in [1.807, 2.05) is 36.4 Å². The number of aliphatic imine (C=N–C) groups is 2. The predicted molar refractivity (Wildman–Crippen MR) is 155 cm³/mol. The second-order valence-electron chi connectivity index (χ2n) is 7.83. The zero-order chi connectivity index (χ0) is 27.5. The fourth-order valence-corrected chi connectivity index (χ4v) is 4.91. The third-order valence-electron chi connectivity index (χ3n) is 5.02. The van der Waals surface area contributed by atoms with Crippen LogP contribution in [0, 0.1) is 11.6 Å². The van der Waals surface area contributed by atoms with E-state index in [0.29, 0.717) is 26.8 Å². The predicted octanol–water partition coefficient (Wildman–Crippen LogP) is 6.92. The van der Waals surface area contributed by atoms with Gasteiger partial charge < -0.3 is 10.6 Å². The number of para-hydroxylation sites is 2. The molecule has 39 heavy (non-hydrogen) atoms. The zero-order valence-corrected chi connectivity index (χ0v) is 22.0. The standard InChI is InChI=1S/C29H22F2N4O2S2/c30-22-15-11-20(12-16-22)26(36)34-28(32-24-7-3-1-4-8-24)38-19-39-29(33-25-9-5-2-6-10-25)35-27(37)21-13-17-23(31)18-14-21/h1-18H,19H2,(H,32,34,36)(H,33,35,37). The summed E-state index contributed by atoms with van der Waals surface area (Å²) in [5, 5.41) is 6.49. The molecular weight excluding hydrogens is 538 g/mol. The molecule has 0 radical (unpaired) electrons. The van der Waals surface area contributed by atoms with Gasteiger partial charge in [0, 0.05) is 11.1 Å². The smallest absolute Gasteiger partial charge is 0.257 e. The van der Waals surface area contributed by atoms with Crippen molar-refractivity contribution < 1.29 is 18.4 Å². The van der Waals surface area contributed by atoms with Crippen molar-refractivity contribution in [1.82, 2.24) is 10.6 Å². The molecule has 6 nitrogen and oxygen atoms in total. The van der Waals surface area contributed by atoms with Crippen LogP contribution in [0.2, 0.25) is 0 Å². The van der Waals surface area contributed by atoms with E-state index in [4.69, 9.17) is 0 Å². The van der Waals surface area contributed by atoms with Crippen molar-refractivity contribution in [2.24, 2.45) is 9.98 Å². The number of nitrogens with zero attached hydrogens (tertiary/aromatic N) is 2. The number of thioether (sulfide) groups is 2. The van der Waals surface area contributed by atoms with Gasteiger partial charge in [0.05, 0.1) is 16.5 Å². The lowest BCUT2D eigenvalue weighted by Gasteiger charge is -2.11. The van der Waals surface area contributed by atoms with E-state index < -0.39 is 23.4 Å². The van der Waals surface area contributed by atoms with Crippen LogP contribution in [0.1, 0.15) is 20.7 Å². The molecule has 2 N–H and O–H groups in total. The van der Waals surface area contributed by atoms with Crippen LogP contribution in [0.15, 0.2) is 119 Å². The molecule has 0 heterocycles. The SMILES string of the molecule is O=C(NC(=Nc1ccccc1)SCSC(=Nc1ccccc1)NC(=O)c1ccc(F)cc1)c1ccc(F)cc1. The number of nitrogens with one attached hydrogen (secondary N) is 2. The maximum atomic E-state index is 13.3. The summed E-state index contributed by atoms with van der Waals surface area (Å²) in [6, 6.07) is 28.6. The number of carbonyl (C=O) groups excluding carboxylic acids is 2. The monoisotopic (exact) mass is 560 g/mol. The Hall–Kier alpha value is -4.28. The van der Waals surface area contributed by atoms with Gasteiger partial charge in [-0.05, 0) is 72.8 Å². The first-order chi connectivity index (χ1) is 19.0. The highest BCUT2D eigenvalue weighted by molar-refractivity contribution is 8.29. The summed E-state index contributed by atoms with van der Waals surface area (Å²) in [5.74, 6) is -1.76. The van der Waals surface area contributed by atoms with Gasteiger partial charge in [0.1, 0.15) is 11.6 Å². The molecule has 4 aromatic rings. The van der Waals surface area contributed by atoms with E-state index in [1.54, 1.807) is 24.3 Å². The molecule has 0 bridgehead atoms. The van der Waals surface area contributed by atoms with Gasteiger partial charge >= 0.3 is 0 Å². The molecule has 0 saturated carbocycles. The summed E-state index contributed by atoms with van der Waals surface area (Å²) in [7, 11) is 0. The molecule has 0 unspecified atom stereocenters. The summed E-state index contributed by atoms with van der Waals surface area (Å²) < 4.78 is 26.6. The third kappa shape index (κ3) is 8.91. The van der Waals surface area contributed by atoms with Gasteiger partial charge in [-0.25, -0.2) is 18.8 Å². The molecule has 0 aliphatic rings. The van der Waals surface area contributed by atoms with E-state index in [2.05, 4.69) is 20.6 Å². The molecule has 0 atom stereocenters. The lowest BCUT2D eigenvalue weighted by molar-refractivity contribution is 0.0969. The first-order valence-electron chi connectivity index (χ1n) is 11.6. The zero-order valence-electron chi connectivity index (χ0n) is 20.4. The minimum Gasteiger partial charge on any atom is -0.301 e. The average Bonchev–Trinajstić information content (AvgIpc) is 2.94. The van der Waals surface area contributed by atoms with Crippen molar-refractivity contribution >= 4 is 57.0 Å². The highest BCUT2D eigenvalue weighted by atomic mass is 32.2. The Balaban J connectivity index is 1.50. The number of amides is 2. The highest BCUT2D eigenvalue weighted by Crippen LogP contribution is 2.21. The van der Waals surface area contributed by atoms with Gasteiger partial charge in [-0.1, -0.05) is 59.9 Å². The van der Waals surface area contributed by atoms with Gasteiger partial charge in [-0.2, -0.15) is 0 Å². The summed E-state index contributed by atoms with van der Waals surface area (Å²) in [6.07, 6.45) is 0. The molecule has 2 amide bonds. The first kappa shape index (κ1) is 27.7. The molecule has 0 fully saturated rings. The first-order valence-corrected chi connectivity index (χ1v) is 13.6. The van der Waals surface area contributed by atoms with Crippen molar-refractivity contribution in [1.29, 1.82) is 0 Å². The molecule has 0 aromatic heterocycles. The van der Waals surface area contributed by atoms with Crippen LogP contribution in [0.3, 0.4) is 0 Å². The van der Waals surface area contributed by atoms with Gasteiger partial charge in [0.2, 0.25) is 0 Å². The van der Waals surface area contributed by atoms with Crippen LogP contribution >= 0.6 is 23.5 Å². The molecule has 10 heteroatoms. The molecule has 4 rings (SSSR count). The van der Waals surface area contributed by atoms with Gasteiger partial charge in [-0.3, -0.25) is 9.59 Å². The number of benzene rings is 4. The van der Waals surface area contributed by atoms with Crippen molar-refractivity contribution in [2.45, 2.75) is 0 Å². The van der Waals surface area contributed by atoms with Gasteiger partial charge in [0.25, 0.3) is 11.8 Å². The maximum absolute atomic E-state index is 13.3. The number of carbonyl (C=O) groups is 2. The van der Waals surface area contributed by atoms with E-state index in [0.717, 1.165) is 0 Å². The largest absolute Gasteiger partial charge is 0.301 e. The third-order valence-corrected chi connectivity index (χ3v) is 6.90. The molecule has 0 saturated heterocycles. The van der Waals surface area contributed by atoms with Crippen molar-refractivity contribution in [3.8, 4) is 0 Å². The second kappa shape index (κ2) is 14.0. The number of amidine groups is 2. The quantitative estimate of drug-likeness (QED) is 0.152. The maximum Gasteiger partial charge on any atom is 0.257 e. The molecule has 0 spiro atoms. The Morgan fingerprint density at radius 2 is 0.923 bits per heavy atom. The Bertz CT molecular complexity index is 1350. The fraction of sp³-hybridized carbons (Fsp3) is 0.0345. The Morgan fingerprint density at radius 1 is 0.564 bits per heavy atom. The molecule has 0 aliphatic heterocycles. The Morgan fingerprint density at radius 3 is 1.28 bits per heavy atom. The molecule has 0 aliphatic carbocycles. The summed E-state index contributed by atoms with van der Waals surface area (Å²) in [6.45, 7) is 0. The van der Waals surface area contributed by atoms with Gasteiger partial charge in [0.15, 0.2) is 10.3 Å². The van der Waals surface area contributed by atoms with Crippen LogP contribution in [-0.4, -0.2) is 27.2 Å². The molecule has 4 aromatic carbocycles. The minimum atomic E-state index is -0.441. The number of rotatable bonds is 6. The normalized spacial score (nSPS) is 11.6. The number of hydrogen-bond donors (Lipinski definition) is 2. The molecular formula is C29H22F2N4O2S2. The topological polar surface area (TPSA) is 82.9 Å². The lowest BCUT2D eigenvalue weighted by Crippen LogP contribution is -2.30. The lowest BCUT2D eigenvalue weighted by atomic mass is 10.2. The minimum absolute atomic E-state index is 0.281. The summed E-state index contributed by atoms with van der Waals surface area (Å²) in [4.78, 5) is 34.6. The van der Waals surface area contributed by atoms with Crippen molar-refractivity contribution in [3.05, 3.63) is 132 Å². The second-order valence-corrected chi connectivity index (χ2v) is 10.1. The van der Waals surface area contributed by atoms with E-state index in [1.165, 1.54) is 72.1 Å². The van der Waals surface area contributed by atoms with Crippen LogP contribution in [-0.2, 0) is 0 Å². The van der Waals surface area contributed by atoms with Crippen molar-refractivity contribution in [2.75, 3.05) is 5.08 Å². The average molecular weight is 561 g/mol.